The lowest BCUT2D eigenvalue weighted by molar-refractivity contribution is 0.184. The molecule has 0 saturated carbocycles. The van der Waals surface area contributed by atoms with Crippen LogP contribution in [0.3, 0.4) is 0 Å². The molecule has 0 atom stereocenters. The number of nitrogens with two attached hydrogens (primary N) is 1. The van der Waals surface area contributed by atoms with Crippen molar-refractivity contribution in [1.82, 2.24) is 5.32 Å². The summed E-state index contributed by atoms with van der Waals surface area (Å²) in [5.41, 5.74) is 8.10. The normalized spacial score (nSPS) is 11.3. The van der Waals surface area contributed by atoms with Crippen LogP contribution in [0.15, 0.2) is 29.3 Å². The molecule has 3 N–H and O–H groups in total. The van der Waals surface area contributed by atoms with Crippen LogP contribution in [0.2, 0.25) is 0 Å². The average Bonchev–Trinajstić information content (AvgIpc) is 2.35. The van der Waals surface area contributed by atoms with Crippen LogP contribution in [0.5, 0.6) is 0 Å². The highest BCUT2D eigenvalue weighted by Crippen LogP contribution is 2.10. The molecule has 1 aromatic carbocycles. The maximum atomic E-state index is 5.80. The first kappa shape index (κ1) is 18.2. The molecule has 0 heterocycles. The number of benzene rings is 1. The Labute approximate surface area is 132 Å². The van der Waals surface area contributed by atoms with Crippen LogP contribution < -0.4 is 11.1 Å². The molecule has 0 aliphatic rings. The van der Waals surface area contributed by atoms with E-state index in [0.717, 1.165) is 17.7 Å². The standard InChI is InChI=1S/C14H23N3O.HI/c1-11(2)8-16-14(15)17-9-12-6-4-5-7-13(12)10-18-3;/h4-7,11H,8-10H2,1-3H3,(H3,15,16,17);1H. The molecule has 0 fully saturated rings. The van der Waals surface area contributed by atoms with Crippen LogP contribution in [0, 0.1) is 5.92 Å². The predicted molar refractivity (Wildman–Crippen MR) is 90.7 cm³/mol. The van der Waals surface area contributed by atoms with E-state index >= 15 is 0 Å². The SMILES string of the molecule is COCc1ccccc1CN=C(N)NCC(C)C.I. The zero-order valence-corrected chi connectivity index (χ0v) is 14.2. The highest BCUT2D eigenvalue weighted by molar-refractivity contribution is 14.0. The van der Waals surface area contributed by atoms with Gasteiger partial charge in [0.05, 0.1) is 13.2 Å². The van der Waals surface area contributed by atoms with Crippen LogP contribution in [-0.2, 0) is 17.9 Å². The minimum atomic E-state index is 0. The minimum absolute atomic E-state index is 0. The Morgan fingerprint density at radius 1 is 1.32 bits per heavy atom. The number of nitrogens with one attached hydrogen (secondary N) is 1. The summed E-state index contributed by atoms with van der Waals surface area (Å²) in [7, 11) is 1.69. The number of rotatable bonds is 6. The number of guanidine groups is 1. The Kier molecular flexibility index (Phi) is 9.59. The molecule has 0 radical (unpaired) electrons. The molecule has 0 amide bonds. The molecule has 0 aromatic heterocycles. The van der Waals surface area contributed by atoms with Crippen LogP contribution in [0.25, 0.3) is 0 Å². The van der Waals surface area contributed by atoms with Crippen molar-refractivity contribution in [3.8, 4) is 0 Å². The van der Waals surface area contributed by atoms with Crippen molar-refractivity contribution in [2.45, 2.75) is 27.0 Å². The zero-order chi connectivity index (χ0) is 13.4. The van der Waals surface area contributed by atoms with Crippen molar-refractivity contribution < 1.29 is 4.74 Å². The highest BCUT2D eigenvalue weighted by Gasteiger charge is 2.01. The number of halogens is 1. The summed E-state index contributed by atoms with van der Waals surface area (Å²) < 4.78 is 5.16. The maximum Gasteiger partial charge on any atom is 0.188 e. The summed E-state index contributed by atoms with van der Waals surface area (Å²) >= 11 is 0. The summed E-state index contributed by atoms with van der Waals surface area (Å²) in [4.78, 5) is 4.34. The molecule has 108 valence electrons. The third kappa shape index (κ3) is 7.37. The predicted octanol–water partition coefficient (Wildman–Crippen LogP) is 2.51. The van der Waals surface area contributed by atoms with Crippen LogP contribution >= 0.6 is 24.0 Å². The Morgan fingerprint density at radius 3 is 2.53 bits per heavy atom. The van der Waals surface area contributed by atoms with Gasteiger partial charge >= 0.3 is 0 Å². The topological polar surface area (TPSA) is 59.6 Å². The molecule has 0 bridgehead atoms. The lowest BCUT2D eigenvalue weighted by Gasteiger charge is -2.09. The molecule has 0 aliphatic heterocycles. The summed E-state index contributed by atoms with van der Waals surface area (Å²) in [6.07, 6.45) is 0. The van der Waals surface area contributed by atoms with Crippen LogP contribution in [0.4, 0.5) is 0 Å². The van der Waals surface area contributed by atoms with Crippen molar-refractivity contribution in [2.75, 3.05) is 13.7 Å². The third-order valence-corrected chi connectivity index (χ3v) is 2.53. The van der Waals surface area contributed by atoms with E-state index in [0.29, 0.717) is 25.0 Å². The molecule has 1 rings (SSSR count). The number of hydrogen-bond donors (Lipinski definition) is 2. The van der Waals surface area contributed by atoms with Gasteiger partial charge in [-0.25, -0.2) is 4.99 Å². The second-order valence-corrected chi connectivity index (χ2v) is 4.68. The van der Waals surface area contributed by atoms with E-state index in [2.05, 4.69) is 24.2 Å². The molecule has 1 aromatic rings. The Bertz CT molecular complexity index is 394. The number of ether oxygens (including phenoxy) is 1. The number of hydrogen-bond acceptors (Lipinski definition) is 2. The smallest absolute Gasteiger partial charge is 0.188 e. The number of nitrogens with zero attached hydrogens (tertiary/aromatic N) is 1. The minimum Gasteiger partial charge on any atom is -0.380 e. The van der Waals surface area contributed by atoms with Gasteiger partial charge in [0.25, 0.3) is 0 Å². The van der Waals surface area contributed by atoms with E-state index in [1.807, 2.05) is 24.3 Å². The van der Waals surface area contributed by atoms with E-state index < -0.39 is 0 Å². The van der Waals surface area contributed by atoms with Gasteiger partial charge in [0.15, 0.2) is 5.96 Å². The molecule has 0 aliphatic carbocycles. The largest absolute Gasteiger partial charge is 0.380 e. The summed E-state index contributed by atoms with van der Waals surface area (Å²) in [6.45, 7) is 6.29. The van der Waals surface area contributed by atoms with Gasteiger partial charge in [-0.1, -0.05) is 38.1 Å². The Hall–Kier alpha value is -0.820. The molecular formula is C14H24IN3O. The van der Waals surface area contributed by atoms with Gasteiger partial charge in [-0.05, 0) is 17.0 Å². The first-order valence-corrected chi connectivity index (χ1v) is 6.23. The van der Waals surface area contributed by atoms with Crippen LogP contribution in [-0.4, -0.2) is 19.6 Å². The molecule has 5 heteroatoms. The summed E-state index contributed by atoms with van der Waals surface area (Å²) in [5.74, 6) is 1.05. The molecular weight excluding hydrogens is 353 g/mol. The fourth-order valence-electron chi connectivity index (χ4n) is 1.54. The zero-order valence-electron chi connectivity index (χ0n) is 11.8. The van der Waals surface area contributed by atoms with Crippen molar-refractivity contribution in [3.63, 3.8) is 0 Å². The van der Waals surface area contributed by atoms with Gasteiger partial charge in [-0.3, -0.25) is 0 Å². The highest BCUT2D eigenvalue weighted by atomic mass is 127. The monoisotopic (exact) mass is 377 g/mol. The van der Waals surface area contributed by atoms with Gasteiger partial charge in [-0.15, -0.1) is 24.0 Å². The summed E-state index contributed by atoms with van der Waals surface area (Å²) in [6, 6.07) is 8.10. The fourth-order valence-corrected chi connectivity index (χ4v) is 1.54. The first-order chi connectivity index (χ1) is 8.63. The number of aliphatic imine (C=N–C) groups is 1. The van der Waals surface area contributed by atoms with E-state index in [1.165, 1.54) is 0 Å². The maximum absolute atomic E-state index is 5.80. The van der Waals surface area contributed by atoms with E-state index in [9.17, 15) is 0 Å². The van der Waals surface area contributed by atoms with Crippen LogP contribution in [0.1, 0.15) is 25.0 Å². The van der Waals surface area contributed by atoms with Crippen molar-refractivity contribution in [1.29, 1.82) is 0 Å². The van der Waals surface area contributed by atoms with Gasteiger partial charge in [0.2, 0.25) is 0 Å². The van der Waals surface area contributed by atoms with Gasteiger partial charge in [-0.2, -0.15) is 0 Å². The lowest BCUT2D eigenvalue weighted by Crippen LogP contribution is -2.34. The van der Waals surface area contributed by atoms with Gasteiger partial charge in [0, 0.05) is 13.7 Å². The molecule has 0 saturated heterocycles. The van der Waals surface area contributed by atoms with Crippen molar-refractivity contribution in [3.05, 3.63) is 35.4 Å². The first-order valence-electron chi connectivity index (χ1n) is 6.23. The molecule has 19 heavy (non-hydrogen) atoms. The second kappa shape index (κ2) is 10.0. The van der Waals surface area contributed by atoms with Crippen molar-refractivity contribution in [2.24, 2.45) is 16.6 Å². The Morgan fingerprint density at radius 2 is 1.95 bits per heavy atom. The average molecular weight is 377 g/mol. The van der Waals surface area contributed by atoms with Crippen molar-refractivity contribution >= 4 is 29.9 Å². The second-order valence-electron chi connectivity index (χ2n) is 4.68. The van der Waals surface area contributed by atoms with E-state index in [4.69, 9.17) is 10.5 Å². The van der Waals surface area contributed by atoms with Gasteiger partial charge < -0.3 is 15.8 Å². The Balaban J connectivity index is 0.00000324. The molecule has 0 spiro atoms. The van der Waals surface area contributed by atoms with E-state index in [-0.39, 0.29) is 24.0 Å². The summed E-state index contributed by atoms with van der Waals surface area (Å²) in [5, 5.41) is 3.10. The fraction of sp³-hybridized carbons (Fsp3) is 0.500. The quantitative estimate of drug-likeness (QED) is 0.455. The van der Waals surface area contributed by atoms with Gasteiger partial charge in [0.1, 0.15) is 0 Å². The molecule has 0 unspecified atom stereocenters. The number of methoxy groups -OCH3 is 1. The van der Waals surface area contributed by atoms with E-state index in [1.54, 1.807) is 7.11 Å². The molecule has 4 nitrogen and oxygen atoms in total. The third-order valence-electron chi connectivity index (χ3n) is 2.53. The lowest BCUT2D eigenvalue weighted by atomic mass is 10.1.